The zero-order chi connectivity index (χ0) is 10.3. The quantitative estimate of drug-likeness (QED) is 0.877. The minimum absolute atomic E-state index is 0. The first-order valence-corrected chi connectivity index (χ1v) is 5.62. The van der Waals surface area contributed by atoms with Crippen LogP contribution in [0.1, 0.15) is 18.4 Å². The third kappa shape index (κ3) is 4.47. The van der Waals surface area contributed by atoms with Gasteiger partial charge in [0.2, 0.25) is 0 Å². The van der Waals surface area contributed by atoms with Gasteiger partial charge in [0.1, 0.15) is 0 Å². The van der Waals surface area contributed by atoms with Crippen LogP contribution in [0.2, 0.25) is 0 Å². The summed E-state index contributed by atoms with van der Waals surface area (Å²) in [7, 11) is 0. The molecule has 0 unspecified atom stereocenters. The maximum atomic E-state index is 5.69. The van der Waals surface area contributed by atoms with Gasteiger partial charge in [-0.2, -0.15) is 0 Å². The van der Waals surface area contributed by atoms with Gasteiger partial charge in [0.15, 0.2) is 0 Å². The van der Waals surface area contributed by atoms with Crippen molar-refractivity contribution in [3.63, 3.8) is 0 Å². The summed E-state index contributed by atoms with van der Waals surface area (Å²) in [5.41, 5.74) is 1.16. The van der Waals surface area contributed by atoms with E-state index in [1.54, 1.807) is 6.20 Å². The molecule has 1 aromatic rings. The van der Waals surface area contributed by atoms with E-state index in [1.807, 2.05) is 12.3 Å². The van der Waals surface area contributed by atoms with Crippen molar-refractivity contribution < 1.29 is 4.74 Å². The lowest BCUT2D eigenvalue weighted by molar-refractivity contribution is 0.0762. The average Bonchev–Trinajstić information content (AvgIpc) is 2.32. The molecule has 16 heavy (non-hydrogen) atoms. The van der Waals surface area contributed by atoms with Gasteiger partial charge in [-0.3, -0.25) is 4.98 Å². The standard InChI is InChI=1S/C12H18N2O.ClH/c1-2-12(8-14-5-1)10-15-9-11-3-6-13-7-4-11;/h1-2,5,8,11,13H,3-4,6-7,9-10H2;1H. The Hall–Kier alpha value is -0.640. The van der Waals surface area contributed by atoms with Gasteiger partial charge in [-0.05, 0) is 43.5 Å². The van der Waals surface area contributed by atoms with E-state index in [0.29, 0.717) is 6.61 Å². The molecule has 1 aliphatic rings. The Morgan fingerprint density at radius 1 is 1.38 bits per heavy atom. The van der Waals surface area contributed by atoms with Gasteiger partial charge in [-0.1, -0.05) is 6.07 Å². The molecule has 2 heterocycles. The lowest BCUT2D eigenvalue weighted by Gasteiger charge is -2.22. The summed E-state index contributed by atoms with van der Waals surface area (Å²) in [6, 6.07) is 4.00. The van der Waals surface area contributed by atoms with Gasteiger partial charge >= 0.3 is 0 Å². The summed E-state index contributed by atoms with van der Waals surface area (Å²) >= 11 is 0. The smallest absolute Gasteiger partial charge is 0.0731 e. The molecule has 1 fully saturated rings. The molecule has 90 valence electrons. The third-order valence-corrected chi connectivity index (χ3v) is 2.80. The minimum Gasteiger partial charge on any atom is -0.376 e. The van der Waals surface area contributed by atoms with Crippen molar-refractivity contribution in [2.45, 2.75) is 19.4 Å². The zero-order valence-electron chi connectivity index (χ0n) is 9.39. The number of nitrogens with zero attached hydrogens (tertiary/aromatic N) is 1. The molecule has 1 aromatic heterocycles. The van der Waals surface area contributed by atoms with Gasteiger partial charge < -0.3 is 10.1 Å². The highest BCUT2D eigenvalue weighted by atomic mass is 35.5. The first-order valence-electron chi connectivity index (χ1n) is 5.62. The van der Waals surface area contributed by atoms with E-state index in [0.717, 1.165) is 31.2 Å². The monoisotopic (exact) mass is 242 g/mol. The van der Waals surface area contributed by atoms with Crippen molar-refractivity contribution in [3.8, 4) is 0 Å². The number of halogens is 1. The molecule has 1 N–H and O–H groups in total. The fraction of sp³-hybridized carbons (Fsp3) is 0.583. The fourth-order valence-corrected chi connectivity index (χ4v) is 1.88. The molecule has 1 saturated heterocycles. The van der Waals surface area contributed by atoms with Gasteiger partial charge in [-0.15, -0.1) is 12.4 Å². The lowest BCUT2D eigenvalue weighted by Crippen LogP contribution is -2.29. The Morgan fingerprint density at radius 3 is 2.88 bits per heavy atom. The normalized spacial score (nSPS) is 16.8. The van der Waals surface area contributed by atoms with Crippen LogP contribution in [0, 0.1) is 5.92 Å². The summed E-state index contributed by atoms with van der Waals surface area (Å²) in [6.45, 7) is 3.86. The Labute approximate surface area is 103 Å². The Morgan fingerprint density at radius 2 is 2.19 bits per heavy atom. The fourth-order valence-electron chi connectivity index (χ4n) is 1.88. The number of ether oxygens (including phenoxy) is 1. The zero-order valence-corrected chi connectivity index (χ0v) is 10.2. The van der Waals surface area contributed by atoms with Crippen molar-refractivity contribution in [1.29, 1.82) is 0 Å². The van der Waals surface area contributed by atoms with Gasteiger partial charge in [0, 0.05) is 19.0 Å². The predicted molar refractivity (Wildman–Crippen MR) is 66.7 cm³/mol. The van der Waals surface area contributed by atoms with Crippen molar-refractivity contribution in [2.24, 2.45) is 5.92 Å². The van der Waals surface area contributed by atoms with Crippen LogP contribution in [-0.4, -0.2) is 24.7 Å². The summed E-state index contributed by atoms with van der Waals surface area (Å²) < 4.78 is 5.69. The Kier molecular flexibility index (Phi) is 6.38. The third-order valence-electron chi connectivity index (χ3n) is 2.80. The van der Waals surface area contributed by atoms with E-state index in [2.05, 4.69) is 16.4 Å². The molecule has 0 aliphatic carbocycles. The molecule has 0 atom stereocenters. The van der Waals surface area contributed by atoms with Gasteiger partial charge in [0.25, 0.3) is 0 Å². The first-order chi connectivity index (χ1) is 7.45. The largest absolute Gasteiger partial charge is 0.376 e. The van der Waals surface area contributed by atoms with Crippen LogP contribution in [0.4, 0.5) is 0 Å². The molecule has 0 bridgehead atoms. The molecule has 0 amide bonds. The molecule has 0 radical (unpaired) electrons. The van der Waals surface area contributed by atoms with Crippen LogP contribution in [0.5, 0.6) is 0 Å². The average molecular weight is 243 g/mol. The van der Waals surface area contributed by atoms with E-state index in [-0.39, 0.29) is 12.4 Å². The van der Waals surface area contributed by atoms with Crippen LogP contribution in [0.15, 0.2) is 24.5 Å². The van der Waals surface area contributed by atoms with E-state index in [1.165, 1.54) is 12.8 Å². The molecule has 0 saturated carbocycles. The van der Waals surface area contributed by atoms with Crippen molar-refractivity contribution >= 4 is 12.4 Å². The summed E-state index contributed by atoms with van der Waals surface area (Å²) in [6.07, 6.45) is 6.14. The second-order valence-corrected chi connectivity index (χ2v) is 4.07. The molecular formula is C12H19ClN2O. The molecule has 3 nitrogen and oxygen atoms in total. The van der Waals surface area contributed by atoms with Crippen LogP contribution in [0.25, 0.3) is 0 Å². The summed E-state index contributed by atoms with van der Waals surface area (Å²) in [4.78, 5) is 4.06. The predicted octanol–water partition coefficient (Wildman–Crippen LogP) is 2.02. The molecule has 4 heteroatoms. The highest BCUT2D eigenvalue weighted by Gasteiger charge is 2.12. The number of piperidine rings is 1. The Balaban J connectivity index is 0.00000128. The summed E-state index contributed by atoms with van der Waals surface area (Å²) in [5, 5.41) is 3.36. The van der Waals surface area contributed by atoms with E-state index in [4.69, 9.17) is 4.74 Å². The Bertz CT molecular complexity index is 276. The second kappa shape index (κ2) is 7.60. The van der Waals surface area contributed by atoms with Crippen LogP contribution in [-0.2, 0) is 11.3 Å². The van der Waals surface area contributed by atoms with Crippen LogP contribution < -0.4 is 5.32 Å². The van der Waals surface area contributed by atoms with E-state index < -0.39 is 0 Å². The van der Waals surface area contributed by atoms with E-state index in [9.17, 15) is 0 Å². The highest BCUT2D eigenvalue weighted by molar-refractivity contribution is 5.85. The minimum atomic E-state index is 0. The van der Waals surface area contributed by atoms with Crippen molar-refractivity contribution in [3.05, 3.63) is 30.1 Å². The topological polar surface area (TPSA) is 34.1 Å². The number of aromatic nitrogens is 1. The SMILES string of the molecule is Cl.c1cncc(COCC2CCNCC2)c1. The number of nitrogens with one attached hydrogen (secondary N) is 1. The van der Waals surface area contributed by atoms with Crippen LogP contribution >= 0.6 is 12.4 Å². The molecule has 0 spiro atoms. The molecule has 0 aromatic carbocycles. The number of hydrogen-bond donors (Lipinski definition) is 1. The van der Waals surface area contributed by atoms with Crippen molar-refractivity contribution in [2.75, 3.05) is 19.7 Å². The molecule has 1 aliphatic heterocycles. The maximum Gasteiger partial charge on any atom is 0.0731 e. The molecular weight excluding hydrogens is 224 g/mol. The van der Waals surface area contributed by atoms with Gasteiger partial charge in [-0.25, -0.2) is 0 Å². The van der Waals surface area contributed by atoms with Gasteiger partial charge in [0.05, 0.1) is 6.61 Å². The second-order valence-electron chi connectivity index (χ2n) is 4.07. The number of rotatable bonds is 4. The first kappa shape index (κ1) is 13.4. The highest BCUT2D eigenvalue weighted by Crippen LogP contribution is 2.12. The lowest BCUT2D eigenvalue weighted by atomic mass is 9.99. The van der Waals surface area contributed by atoms with Crippen LogP contribution in [0.3, 0.4) is 0 Å². The summed E-state index contributed by atoms with van der Waals surface area (Å²) in [5.74, 6) is 0.739. The molecule has 2 rings (SSSR count). The van der Waals surface area contributed by atoms with E-state index >= 15 is 0 Å². The number of hydrogen-bond acceptors (Lipinski definition) is 3. The van der Waals surface area contributed by atoms with Crippen molar-refractivity contribution in [1.82, 2.24) is 10.3 Å². The number of pyridine rings is 1. The maximum absolute atomic E-state index is 5.69.